The molecule has 2 rings (SSSR count). The molecule has 1 aromatic rings. The molecule has 1 fully saturated rings. The van der Waals surface area contributed by atoms with Crippen LogP contribution >= 0.6 is 0 Å². The zero-order valence-electron chi connectivity index (χ0n) is 10.9. The van der Waals surface area contributed by atoms with Gasteiger partial charge in [-0.25, -0.2) is 0 Å². The van der Waals surface area contributed by atoms with E-state index in [1.807, 2.05) is 47.4 Å². The first-order valence-corrected chi connectivity index (χ1v) is 6.61. The maximum atomic E-state index is 9.74. The van der Waals surface area contributed by atoms with Gasteiger partial charge in [0, 0.05) is 32.2 Å². The monoisotopic (exact) mass is 263 g/mol. The fourth-order valence-corrected chi connectivity index (χ4v) is 2.42. The van der Waals surface area contributed by atoms with E-state index < -0.39 is 12.2 Å². The molecule has 0 radical (unpaired) electrons. The molecule has 0 amide bonds. The van der Waals surface area contributed by atoms with Crippen LogP contribution in [-0.2, 0) is 0 Å². The van der Waals surface area contributed by atoms with E-state index in [1.54, 1.807) is 0 Å². The highest BCUT2D eigenvalue weighted by Gasteiger charge is 2.33. The van der Waals surface area contributed by atoms with Crippen LogP contribution in [0, 0.1) is 5.92 Å². The number of hydrogen-bond donors (Lipinski definition) is 3. The molecule has 0 aromatic heterocycles. The van der Waals surface area contributed by atoms with Gasteiger partial charge in [0.15, 0.2) is 0 Å². The molecule has 3 atom stereocenters. The van der Waals surface area contributed by atoms with Gasteiger partial charge in [-0.2, -0.15) is 0 Å². The molecule has 1 aliphatic heterocycles. The smallest absolute Gasteiger partial charge is 0.0929 e. The van der Waals surface area contributed by atoms with Crippen LogP contribution < -0.4 is 0 Å². The molecule has 4 nitrogen and oxygen atoms in total. The van der Waals surface area contributed by atoms with Gasteiger partial charge in [0.2, 0.25) is 0 Å². The van der Waals surface area contributed by atoms with Crippen LogP contribution in [0.25, 0.3) is 6.08 Å². The van der Waals surface area contributed by atoms with Gasteiger partial charge in [0.1, 0.15) is 0 Å². The molecule has 0 aliphatic carbocycles. The summed E-state index contributed by atoms with van der Waals surface area (Å²) in [4.78, 5) is 2.04. The van der Waals surface area contributed by atoms with Crippen molar-refractivity contribution in [3.63, 3.8) is 0 Å². The first kappa shape index (κ1) is 14.2. The molecule has 1 saturated heterocycles. The second kappa shape index (κ2) is 6.82. The number of benzene rings is 1. The van der Waals surface area contributed by atoms with Gasteiger partial charge in [0.25, 0.3) is 0 Å². The van der Waals surface area contributed by atoms with E-state index in [9.17, 15) is 15.3 Å². The third-order valence-electron chi connectivity index (χ3n) is 3.52. The van der Waals surface area contributed by atoms with Gasteiger partial charge in [-0.05, 0) is 5.56 Å². The van der Waals surface area contributed by atoms with Crippen molar-refractivity contribution in [2.45, 2.75) is 12.2 Å². The molecular formula is C15H21NO3. The molecule has 0 unspecified atom stereocenters. The molecule has 0 spiro atoms. The van der Waals surface area contributed by atoms with E-state index in [2.05, 4.69) is 0 Å². The average molecular weight is 263 g/mol. The van der Waals surface area contributed by atoms with Crippen molar-refractivity contribution in [2.75, 3.05) is 26.2 Å². The first-order chi connectivity index (χ1) is 9.20. The zero-order chi connectivity index (χ0) is 13.7. The lowest BCUT2D eigenvalue weighted by atomic mass is 9.93. The van der Waals surface area contributed by atoms with Crippen molar-refractivity contribution < 1.29 is 15.3 Å². The van der Waals surface area contributed by atoms with Crippen LogP contribution in [0.2, 0.25) is 0 Å². The lowest BCUT2D eigenvalue weighted by molar-refractivity contribution is -0.0835. The van der Waals surface area contributed by atoms with Crippen molar-refractivity contribution in [3.8, 4) is 0 Å². The Bertz CT molecular complexity index is 407. The highest BCUT2D eigenvalue weighted by Crippen LogP contribution is 2.17. The number of aliphatic hydroxyl groups excluding tert-OH is 3. The average Bonchev–Trinajstić information content (AvgIpc) is 2.43. The Balaban J connectivity index is 1.88. The number of aliphatic hydroxyl groups is 3. The van der Waals surface area contributed by atoms with Crippen LogP contribution in [0.15, 0.2) is 36.4 Å². The van der Waals surface area contributed by atoms with Crippen molar-refractivity contribution in [1.29, 1.82) is 0 Å². The van der Waals surface area contributed by atoms with Crippen molar-refractivity contribution in [2.24, 2.45) is 5.92 Å². The molecule has 4 heteroatoms. The minimum atomic E-state index is -0.820. The normalized spacial score (nSPS) is 28.9. The Morgan fingerprint density at radius 2 is 1.89 bits per heavy atom. The Kier molecular flexibility index (Phi) is 5.10. The van der Waals surface area contributed by atoms with Crippen molar-refractivity contribution in [1.82, 2.24) is 4.90 Å². The van der Waals surface area contributed by atoms with E-state index >= 15 is 0 Å². The van der Waals surface area contributed by atoms with Crippen LogP contribution in [0.4, 0.5) is 0 Å². The molecular weight excluding hydrogens is 242 g/mol. The van der Waals surface area contributed by atoms with Gasteiger partial charge >= 0.3 is 0 Å². The summed E-state index contributed by atoms with van der Waals surface area (Å²) in [5.74, 6) is -0.270. The summed E-state index contributed by atoms with van der Waals surface area (Å²) in [6, 6.07) is 10.0. The minimum absolute atomic E-state index is 0.100. The third kappa shape index (κ3) is 3.88. The number of rotatable bonds is 4. The second-order valence-corrected chi connectivity index (χ2v) is 5.03. The minimum Gasteiger partial charge on any atom is -0.396 e. The van der Waals surface area contributed by atoms with Gasteiger partial charge in [-0.15, -0.1) is 0 Å². The SMILES string of the molecule is OC[C@@H]1CN(C/C=C/c2ccccc2)C[C@H](O)[C@H]1O. The summed E-state index contributed by atoms with van der Waals surface area (Å²) in [5.41, 5.74) is 1.14. The van der Waals surface area contributed by atoms with Crippen LogP contribution in [0.5, 0.6) is 0 Å². The first-order valence-electron chi connectivity index (χ1n) is 6.61. The number of piperidine rings is 1. The largest absolute Gasteiger partial charge is 0.396 e. The molecule has 1 heterocycles. The predicted octanol–water partition coefficient (Wildman–Crippen LogP) is 0.346. The Labute approximate surface area is 113 Å². The van der Waals surface area contributed by atoms with E-state index in [-0.39, 0.29) is 12.5 Å². The molecule has 104 valence electrons. The number of hydrogen-bond acceptors (Lipinski definition) is 4. The predicted molar refractivity (Wildman–Crippen MR) is 74.5 cm³/mol. The lowest BCUT2D eigenvalue weighted by Crippen LogP contribution is -2.53. The van der Waals surface area contributed by atoms with Crippen molar-refractivity contribution >= 4 is 6.08 Å². The van der Waals surface area contributed by atoms with Gasteiger partial charge in [0.05, 0.1) is 12.2 Å². The standard InChI is InChI=1S/C15H21NO3/c17-11-13-9-16(10-14(18)15(13)19)8-4-7-12-5-2-1-3-6-12/h1-7,13-15,17-19H,8-11H2/b7-4+/t13-,14-,15-/m0/s1. The summed E-state index contributed by atoms with van der Waals surface area (Å²) in [6.45, 7) is 1.65. The van der Waals surface area contributed by atoms with Gasteiger partial charge < -0.3 is 15.3 Å². The molecule has 0 bridgehead atoms. The van der Waals surface area contributed by atoms with E-state index in [1.165, 1.54) is 0 Å². The summed E-state index contributed by atoms with van der Waals surface area (Å²) in [7, 11) is 0. The van der Waals surface area contributed by atoms with Crippen LogP contribution in [0.1, 0.15) is 5.56 Å². The fourth-order valence-electron chi connectivity index (χ4n) is 2.42. The third-order valence-corrected chi connectivity index (χ3v) is 3.52. The van der Waals surface area contributed by atoms with Crippen LogP contribution in [0.3, 0.4) is 0 Å². The molecule has 19 heavy (non-hydrogen) atoms. The Morgan fingerprint density at radius 3 is 2.58 bits per heavy atom. The quantitative estimate of drug-likeness (QED) is 0.733. The number of likely N-dealkylation sites (tertiary alicyclic amines) is 1. The molecule has 0 saturated carbocycles. The van der Waals surface area contributed by atoms with Gasteiger partial charge in [-0.3, -0.25) is 4.90 Å². The second-order valence-electron chi connectivity index (χ2n) is 5.03. The van der Waals surface area contributed by atoms with Gasteiger partial charge in [-0.1, -0.05) is 42.5 Å². The summed E-state index contributed by atoms with van der Waals surface area (Å²) in [5, 5.41) is 28.6. The van der Waals surface area contributed by atoms with E-state index in [0.29, 0.717) is 19.6 Å². The Hall–Kier alpha value is -1.20. The van der Waals surface area contributed by atoms with E-state index in [4.69, 9.17) is 0 Å². The molecule has 1 aliphatic rings. The van der Waals surface area contributed by atoms with Crippen molar-refractivity contribution in [3.05, 3.63) is 42.0 Å². The molecule has 1 aromatic carbocycles. The highest BCUT2D eigenvalue weighted by atomic mass is 16.3. The summed E-state index contributed by atoms with van der Waals surface area (Å²) in [6.07, 6.45) is 2.47. The summed E-state index contributed by atoms with van der Waals surface area (Å²) >= 11 is 0. The maximum Gasteiger partial charge on any atom is 0.0929 e. The maximum absolute atomic E-state index is 9.74. The number of β-amino-alcohol motifs (C(OH)–C–C–N with tert-alkyl or cyclic N) is 1. The lowest BCUT2D eigenvalue weighted by Gasteiger charge is -2.38. The van der Waals surface area contributed by atoms with E-state index in [0.717, 1.165) is 5.56 Å². The molecule has 3 N–H and O–H groups in total. The Morgan fingerprint density at radius 1 is 1.16 bits per heavy atom. The zero-order valence-corrected chi connectivity index (χ0v) is 10.9. The number of nitrogens with zero attached hydrogens (tertiary/aromatic N) is 1. The topological polar surface area (TPSA) is 63.9 Å². The van der Waals surface area contributed by atoms with Crippen LogP contribution in [-0.4, -0.2) is 58.7 Å². The fraction of sp³-hybridized carbons (Fsp3) is 0.467. The summed E-state index contributed by atoms with van der Waals surface area (Å²) < 4.78 is 0. The highest BCUT2D eigenvalue weighted by molar-refractivity contribution is 5.48.